The summed E-state index contributed by atoms with van der Waals surface area (Å²) in [6.07, 6.45) is 4.69. The molecule has 3 N–H and O–H groups in total. The first-order valence-electron chi connectivity index (χ1n) is 10.2. The molecule has 0 spiro atoms. The number of nitrogens with zero attached hydrogens (tertiary/aromatic N) is 1. The van der Waals surface area contributed by atoms with Crippen molar-refractivity contribution in [2.24, 2.45) is 5.73 Å². The van der Waals surface area contributed by atoms with E-state index >= 15 is 0 Å². The van der Waals surface area contributed by atoms with Crippen molar-refractivity contribution in [3.05, 3.63) is 65.7 Å². The van der Waals surface area contributed by atoms with Crippen LogP contribution in [0.2, 0.25) is 0 Å². The lowest BCUT2D eigenvalue weighted by molar-refractivity contribution is 0.109. The number of rotatable bonds is 9. The van der Waals surface area contributed by atoms with Crippen molar-refractivity contribution >= 4 is 0 Å². The molecule has 2 aromatic carbocycles. The van der Waals surface area contributed by atoms with Gasteiger partial charge in [-0.2, -0.15) is 0 Å². The van der Waals surface area contributed by atoms with E-state index in [1.165, 1.54) is 30.4 Å². The van der Waals surface area contributed by atoms with Crippen molar-refractivity contribution in [1.82, 2.24) is 10.2 Å². The molecule has 2 aromatic rings. The zero-order valence-electron chi connectivity index (χ0n) is 16.4. The standard InChI is InChI=1S/C23H33N3O/c1-27-22-14-6-5-12-20(22)18-25-21-13-9-17-26(16-8-7-15-24)23(21)19-10-3-2-4-11-19/h2-6,10-12,14,21,23,25H,7-9,13,15-18,24H2,1H3/t21-,23-/m0/s1. The van der Waals surface area contributed by atoms with E-state index in [0.717, 1.165) is 38.3 Å². The maximum absolute atomic E-state index is 5.71. The van der Waals surface area contributed by atoms with E-state index in [1.54, 1.807) is 7.11 Å². The zero-order chi connectivity index (χ0) is 18.9. The van der Waals surface area contributed by atoms with E-state index in [1.807, 2.05) is 12.1 Å². The number of para-hydroxylation sites is 1. The van der Waals surface area contributed by atoms with Gasteiger partial charge in [-0.05, 0) is 56.9 Å². The minimum atomic E-state index is 0.410. The van der Waals surface area contributed by atoms with Crippen molar-refractivity contribution in [3.63, 3.8) is 0 Å². The van der Waals surface area contributed by atoms with Crippen LogP contribution in [0.3, 0.4) is 0 Å². The minimum absolute atomic E-state index is 0.410. The third kappa shape index (κ3) is 5.32. The number of methoxy groups -OCH3 is 1. The Morgan fingerprint density at radius 2 is 1.85 bits per heavy atom. The van der Waals surface area contributed by atoms with Crippen LogP contribution in [0.5, 0.6) is 5.75 Å². The second kappa shape index (κ2) is 10.5. The quantitative estimate of drug-likeness (QED) is 0.663. The molecule has 4 heteroatoms. The van der Waals surface area contributed by atoms with Gasteiger partial charge in [0.25, 0.3) is 0 Å². The van der Waals surface area contributed by atoms with Crippen LogP contribution in [0.4, 0.5) is 0 Å². The Balaban J connectivity index is 1.74. The molecule has 1 heterocycles. The fourth-order valence-corrected chi connectivity index (χ4v) is 4.17. The van der Waals surface area contributed by atoms with Crippen molar-refractivity contribution in [1.29, 1.82) is 0 Å². The number of piperidine rings is 1. The Morgan fingerprint density at radius 1 is 1.07 bits per heavy atom. The van der Waals surface area contributed by atoms with Crippen LogP contribution < -0.4 is 15.8 Å². The molecule has 0 radical (unpaired) electrons. The van der Waals surface area contributed by atoms with Crippen molar-refractivity contribution in [2.75, 3.05) is 26.7 Å². The number of likely N-dealkylation sites (tertiary alicyclic amines) is 1. The van der Waals surface area contributed by atoms with E-state index in [2.05, 4.69) is 52.7 Å². The van der Waals surface area contributed by atoms with Gasteiger partial charge >= 0.3 is 0 Å². The second-order valence-electron chi connectivity index (χ2n) is 7.33. The summed E-state index contributed by atoms with van der Waals surface area (Å²) in [6, 6.07) is 20.1. The minimum Gasteiger partial charge on any atom is -0.496 e. The highest BCUT2D eigenvalue weighted by molar-refractivity contribution is 5.33. The van der Waals surface area contributed by atoms with Crippen LogP contribution >= 0.6 is 0 Å². The molecule has 0 unspecified atom stereocenters. The van der Waals surface area contributed by atoms with Crippen molar-refractivity contribution in [2.45, 2.75) is 44.3 Å². The van der Waals surface area contributed by atoms with Crippen molar-refractivity contribution in [3.8, 4) is 5.75 Å². The first-order chi connectivity index (χ1) is 13.3. The predicted octanol–water partition coefficient (Wildman–Crippen LogP) is 3.73. The molecule has 1 saturated heterocycles. The molecular weight excluding hydrogens is 334 g/mol. The lowest BCUT2D eigenvalue weighted by atomic mass is 9.89. The van der Waals surface area contributed by atoms with Gasteiger partial charge in [-0.3, -0.25) is 4.90 Å². The van der Waals surface area contributed by atoms with E-state index < -0.39 is 0 Å². The Hall–Kier alpha value is -1.88. The van der Waals surface area contributed by atoms with E-state index in [0.29, 0.717) is 12.1 Å². The molecule has 1 aliphatic rings. The monoisotopic (exact) mass is 367 g/mol. The number of nitrogens with one attached hydrogen (secondary N) is 1. The molecule has 2 atom stereocenters. The molecule has 0 amide bonds. The smallest absolute Gasteiger partial charge is 0.123 e. The van der Waals surface area contributed by atoms with E-state index in [4.69, 9.17) is 10.5 Å². The highest BCUT2D eigenvalue weighted by Gasteiger charge is 2.32. The Morgan fingerprint density at radius 3 is 2.63 bits per heavy atom. The van der Waals surface area contributed by atoms with Gasteiger partial charge < -0.3 is 15.8 Å². The first-order valence-corrected chi connectivity index (χ1v) is 10.2. The fourth-order valence-electron chi connectivity index (χ4n) is 4.17. The summed E-state index contributed by atoms with van der Waals surface area (Å²) in [5, 5.41) is 3.84. The summed E-state index contributed by atoms with van der Waals surface area (Å²) in [5.41, 5.74) is 8.33. The molecule has 0 aliphatic carbocycles. The topological polar surface area (TPSA) is 50.5 Å². The van der Waals surface area contributed by atoms with Gasteiger partial charge in [-0.1, -0.05) is 48.5 Å². The lowest BCUT2D eigenvalue weighted by Crippen LogP contribution is -2.48. The SMILES string of the molecule is COc1ccccc1CN[C@H]1CCCN(CCCCN)[C@H]1c1ccccc1. The van der Waals surface area contributed by atoms with Gasteiger partial charge in [0.15, 0.2) is 0 Å². The summed E-state index contributed by atoms with van der Waals surface area (Å²) >= 11 is 0. The highest BCUT2D eigenvalue weighted by Crippen LogP contribution is 2.32. The van der Waals surface area contributed by atoms with Crippen LogP contribution in [0, 0.1) is 0 Å². The van der Waals surface area contributed by atoms with Gasteiger partial charge in [0, 0.05) is 18.2 Å². The summed E-state index contributed by atoms with van der Waals surface area (Å²) in [5.74, 6) is 0.955. The summed E-state index contributed by atoms with van der Waals surface area (Å²) < 4.78 is 5.52. The van der Waals surface area contributed by atoms with E-state index in [9.17, 15) is 0 Å². The molecule has 1 aliphatic heterocycles. The maximum Gasteiger partial charge on any atom is 0.123 e. The number of nitrogens with two attached hydrogens (primary N) is 1. The van der Waals surface area contributed by atoms with Crippen LogP contribution in [-0.2, 0) is 6.54 Å². The summed E-state index contributed by atoms with van der Waals surface area (Å²) in [7, 11) is 1.74. The van der Waals surface area contributed by atoms with Crippen LogP contribution in [-0.4, -0.2) is 37.7 Å². The largest absolute Gasteiger partial charge is 0.496 e. The molecule has 1 fully saturated rings. The number of hydrogen-bond acceptors (Lipinski definition) is 4. The van der Waals surface area contributed by atoms with E-state index in [-0.39, 0.29) is 0 Å². The van der Waals surface area contributed by atoms with Crippen LogP contribution in [0.1, 0.15) is 42.9 Å². The molecule has 27 heavy (non-hydrogen) atoms. The maximum atomic E-state index is 5.71. The summed E-state index contributed by atoms with van der Waals surface area (Å²) in [4.78, 5) is 2.65. The molecule has 3 rings (SSSR count). The third-order valence-corrected chi connectivity index (χ3v) is 5.52. The van der Waals surface area contributed by atoms with Gasteiger partial charge in [0.2, 0.25) is 0 Å². The molecule has 146 valence electrons. The van der Waals surface area contributed by atoms with Gasteiger partial charge in [-0.25, -0.2) is 0 Å². The van der Waals surface area contributed by atoms with Crippen molar-refractivity contribution < 1.29 is 4.74 Å². The van der Waals surface area contributed by atoms with Gasteiger partial charge in [-0.15, -0.1) is 0 Å². The normalized spacial score (nSPS) is 20.5. The number of unbranched alkanes of at least 4 members (excludes halogenated alkanes) is 1. The molecular formula is C23H33N3O. The Bertz CT molecular complexity index is 676. The van der Waals surface area contributed by atoms with Gasteiger partial charge in [0.05, 0.1) is 13.2 Å². The summed E-state index contributed by atoms with van der Waals surface area (Å²) in [6.45, 7) is 3.88. The predicted molar refractivity (Wildman–Crippen MR) is 112 cm³/mol. The first kappa shape index (κ1) is 19.9. The average Bonchev–Trinajstić information content (AvgIpc) is 2.73. The molecule has 4 nitrogen and oxygen atoms in total. The molecule has 0 saturated carbocycles. The molecule has 0 aromatic heterocycles. The average molecular weight is 368 g/mol. The number of benzene rings is 2. The third-order valence-electron chi connectivity index (χ3n) is 5.52. The number of ether oxygens (including phenoxy) is 1. The Labute approximate surface area is 163 Å². The van der Waals surface area contributed by atoms with Crippen LogP contribution in [0.25, 0.3) is 0 Å². The molecule has 0 bridgehead atoms. The van der Waals surface area contributed by atoms with Gasteiger partial charge in [0.1, 0.15) is 5.75 Å². The Kier molecular flexibility index (Phi) is 7.69. The highest BCUT2D eigenvalue weighted by atomic mass is 16.5. The lowest BCUT2D eigenvalue weighted by Gasteiger charge is -2.42. The number of hydrogen-bond donors (Lipinski definition) is 2. The second-order valence-corrected chi connectivity index (χ2v) is 7.33. The van der Waals surface area contributed by atoms with Crippen LogP contribution in [0.15, 0.2) is 54.6 Å². The fraction of sp³-hybridized carbons (Fsp3) is 0.478. The zero-order valence-corrected chi connectivity index (χ0v) is 16.4.